The molecule has 5 nitrogen and oxygen atoms in total. The molecule has 0 atom stereocenters. The first-order valence-corrected chi connectivity index (χ1v) is 6.65. The Bertz CT molecular complexity index is 707. The van der Waals surface area contributed by atoms with Crippen LogP contribution in [0.1, 0.15) is 27.0 Å². The van der Waals surface area contributed by atoms with E-state index in [1.54, 1.807) is 16.9 Å². The van der Waals surface area contributed by atoms with Crippen LogP contribution in [0, 0.1) is 18.8 Å². The lowest BCUT2D eigenvalue weighted by atomic mass is 10.0. The maximum atomic E-state index is 12.3. The molecule has 0 bridgehead atoms. The molecule has 5 heteroatoms. The highest BCUT2D eigenvalue weighted by Crippen LogP contribution is 2.11. The van der Waals surface area contributed by atoms with Gasteiger partial charge in [-0.3, -0.25) is 9.48 Å². The summed E-state index contributed by atoms with van der Waals surface area (Å²) in [6, 6.07) is 5.56. The molecule has 1 aromatic carbocycles. The lowest BCUT2D eigenvalue weighted by Crippen LogP contribution is -2.23. The molecule has 1 heterocycles. The molecule has 1 amide bonds. The van der Waals surface area contributed by atoms with Gasteiger partial charge in [0, 0.05) is 36.5 Å². The second kappa shape index (κ2) is 6.73. The number of benzene rings is 1. The molecule has 0 radical (unpaired) electrons. The predicted molar refractivity (Wildman–Crippen MR) is 81.5 cm³/mol. The first kappa shape index (κ1) is 14.8. The number of hydrogen-bond donors (Lipinski definition) is 2. The molecule has 0 unspecified atom stereocenters. The Balaban J connectivity index is 2.10. The van der Waals surface area contributed by atoms with Gasteiger partial charge in [0.15, 0.2) is 0 Å². The van der Waals surface area contributed by atoms with Crippen LogP contribution in [-0.4, -0.2) is 22.2 Å². The van der Waals surface area contributed by atoms with Gasteiger partial charge in [0.1, 0.15) is 0 Å². The van der Waals surface area contributed by atoms with Crippen LogP contribution in [-0.2, 0) is 13.6 Å². The van der Waals surface area contributed by atoms with Crippen molar-refractivity contribution >= 4 is 5.91 Å². The maximum Gasteiger partial charge on any atom is 0.251 e. The van der Waals surface area contributed by atoms with Crippen molar-refractivity contribution in [2.45, 2.75) is 13.5 Å². The number of carbonyl (C=O) groups excluding carboxylic acids is 1. The third-order valence-corrected chi connectivity index (χ3v) is 3.03. The highest BCUT2D eigenvalue weighted by atomic mass is 16.1. The lowest BCUT2D eigenvalue weighted by molar-refractivity contribution is 0.0950. The first-order valence-electron chi connectivity index (χ1n) is 6.65. The number of amides is 1. The molecule has 0 aliphatic rings. The summed E-state index contributed by atoms with van der Waals surface area (Å²) in [5, 5.41) is 6.96. The van der Waals surface area contributed by atoms with Crippen molar-refractivity contribution in [3.63, 3.8) is 0 Å². The summed E-state index contributed by atoms with van der Waals surface area (Å²) in [7, 11) is 1.84. The number of nitrogens with zero attached hydrogens (tertiary/aromatic N) is 2. The van der Waals surface area contributed by atoms with Gasteiger partial charge >= 0.3 is 0 Å². The Morgan fingerprint density at radius 2 is 2.29 bits per heavy atom. The molecule has 108 valence electrons. The summed E-state index contributed by atoms with van der Waals surface area (Å²) < 4.78 is 1.70. The van der Waals surface area contributed by atoms with Crippen molar-refractivity contribution in [1.82, 2.24) is 15.1 Å². The molecule has 0 aliphatic heterocycles. The molecule has 0 saturated carbocycles. The lowest BCUT2D eigenvalue weighted by Gasteiger charge is -2.07. The van der Waals surface area contributed by atoms with E-state index in [9.17, 15) is 4.79 Å². The van der Waals surface area contributed by atoms with Crippen molar-refractivity contribution in [2.75, 3.05) is 6.54 Å². The van der Waals surface area contributed by atoms with Gasteiger partial charge in [0.2, 0.25) is 0 Å². The van der Waals surface area contributed by atoms with Crippen LogP contribution >= 0.6 is 0 Å². The van der Waals surface area contributed by atoms with Gasteiger partial charge in [-0.2, -0.15) is 5.10 Å². The van der Waals surface area contributed by atoms with Crippen LogP contribution in [0.3, 0.4) is 0 Å². The number of rotatable bonds is 3. The normalized spacial score (nSPS) is 9.86. The van der Waals surface area contributed by atoms with Gasteiger partial charge in [-0.05, 0) is 24.6 Å². The average Bonchev–Trinajstić information content (AvgIpc) is 2.89. The molecule has 0 saturated heterocycles. The minimum Gasteiger partial charge on any atom is -0.348 e. The third kappa shape index (κ3) is 3.94. The fraction of sp³-hybridized carbons (Fsp3) is 0.250. The summed E-state index contributed by atoms with van der Waals surface area (Å²) in [6.45, 7) is 2.65. The number of aryl methyl sites for hydroxylation is 2. The SMILES string of the molecule is Cc1ccc(C#CCN)cc1C(=O)NCc1cnn(C)c1. The smallest absolute Gasteiger partial charge is 0.251 e. The Hall–Kier alpha value is -2.58. The molecular weight excluding hydrogens is 264 g/mol. The van der Waals surface area contributed by atoms with Crippen molar-refractivity contribution in [3.8, 4) is 11.8 Å². The second-order valence-electron chi connectivity index (χ2n) is 4.74. The topological polar surface area (TPSA) is 72.9 Å². The van der Waals surface area contributed by atoms with Crippen LogP contribution in [0.4, 0.5) is 0 Å². The van der Waals surface area contributed by atoms with Gasteiger partial charge < -0.3 is 11.1 Å². The Morgan fingerprint density at radius 1 is 1.48 bits per heavy atom. The van der Waals surface area contributed by atoms with E-state index in [0.29, 0.717) is 18.7 Å². The van der Waals surface area contributed by atoms with Crippen molar-refractivity contribution in [3.05, 3.63) is 52.8 Å². The molecule has 2 rings (SSSR count). The Labute approximate surface area is 124 Å². The number of aromatic nitrogens is 2. The van der Waals surface area contributed by atoms with E-state index >= 15 is 0 Å². The number of hydrogen-bond acceptors (Lipinski definition) is 3. The molecule has 0 spiro atoms. The van der Waals surface area contributed by atoms with Gasteiger partial charge in [0.25, 0.3) is 5.91 Å². The standard InChI is InChI=1S/C16H18N4O/c1-12-5-6-13(4-3-7-17)8-15(12)16(21)18-9-14-10-19-20(2)11-14/h5-6,8,10-11H,7,9,17H2,1-2H3,(H,18,21). The quantitative estimate of drug-likeness (QED) is 0.824. The van der Waals surface area contributed by atoms with E-state index in [4.69, 9.17) is 5.73 Å². The van der Waals surface area contributed by atoms with E-state index < -0.39 is 0 Å². The second-order valence-corrected chi connectivity index (χ2v) is 4.74. The summed E-state index contributed by atoms with van der Waals surface area (Å²) in [6.07, 6.45) is 3.60. The molecular formula is C16H18N4O. The van der Waals surface area contributed by atoms with Crippen molar-refractivity contribution < 1.29 is 4.79 Å². The minimum absolute atomic E-state index is 0.118. The minimum atomic E-state index is -0.118. The van der Waals surface area contributed by atoms with Crippen molar-refractivity contribution in [1.29, 1.82) is 0 Å². The highest BCUT2D eigenvalue weighted by molar-refractivity contribution is 5.95. The third-order valence-electron chi connectivity index (χ3n) is 3.03. The Kier molecular flexibility index (Phi) is 4.75. The van der Waals surface area contributed by atoms with Gasteiger partial charge in [0.05, 0.1) is 12.7 Å². The molecule has 21 heavy (non-hydrogen) atoms. The van der Waals surface area contributed by atoms with Crippen LogP contribution in [0.2, 0.25) is 0 Å². The molecule has 0 fully saturated rings. The summed E-state index contributed by atoms with van der Waals surface area (Å²) in [5.41, 5.74) is 8.65. The molecule has 2 aromatic rings. The fourth-order valence-corrected chi connectivity index (χ4v) is 1.94. The highest BCUT2D eigenvalue weighted by Gasteiger charge is 2.09. The van der Waals surface area contributed by atoms with Gasteiger partial charge in [-0.1, -0.05) is 17.9 Å². The Morgan fingerprint density at radius 3 is 2.95 bits per heavy atom. The van der Waals surface area contributed by atoms with Crippen LogP contribution in [0.15, 0.2) is 30.6 Å². The molecule has 3 N–H and O–H groups in total. The summed E-state index contributed by atoms with van der Waals surface area (Å²) in [4.78, 5) is 12.3. The van der Waals surface area contributed by atoms with E-state index in [-0.39, 0.29) is 5.91 Å². The van der Waals surface area contributed by atoms with Crippen LogP contribution < -0.4 is 11.1 Å². The fourth-order valence-electron chi connectivity index (χ4n) is 1.94. The zero-order chi connectivity index (χ0) is 15.2. The summed E-state index contributed by atoms with van der Waals surface area (Å²) >= 11 is 0. The average molecular weight is 282 g/mol. The first-order chi connectivity index (χ1) is 10.1. The number of nitrogens with two attached hydrogens (primary N) is 1. The number of nitrogens with one attached hydrogen (secondary N) is 1. The van der Waals surface area contributed by atoms with Crippen molar-refractivity contribution in [2.24, 2.45) is 12.8 Å². The van der Waals surface area contributed by atoms with Gasteiger partial charge in [-0.15, -0.1) is 0 Å². The van der Waals surface area contributed by atoms with E-state index in [1.165, 1.54) is 0 Å². The molecule has 1 aromatic heterocycles. The molecule has 0 aliphatic carbocycles. The van der Waals surface area contributed by atoms with Crippen LogP contribution in [0.5, 0.6) is 0 Å². The maximum absolute atomic E-state index is 12.3. The van der Waals surface area contributed by atoms with Gasteiger partial charge in [-0.25, -0.2) is 0 Å². The predicted octanol–water partition coefficient (Wildman–Crippen LogP) is 0.969. The number of carbonyl (C=O) groups is 1. The zero-order valence-corrected chi connectivity index (χ0v) is 12.2. The zero-order valence-electron chi connectivity index (χ0n) is 12.2. The monoisotopic (exact) mass is 282 g/mol. The van der Waals surface area contributed by atoms with Crippen LogP contribution in [0.25, 0.3) is 0 Å². The van der Waals surface area contributed by atoms with E-state index in [1.807, 2.05) is 32.3 Å². The van der Waals surface area contributed by atoms with E-state index in [2.05, 4.69) is 22.3 Å². The van der Waals surface area contributed by atoms with E-state index in [0.717, 1.165) is 16.7 Å². The summed E-state index contributed by atoms with van der Waals surface area (Å²) in [5.74, 6) is 5.60. The largest absolute Gasteiger partial charge is 0.348 e.